The summed E-state index contributed by atoms with van der Waals surface area (Å²) >= 11 is 0. The zero-order valence-electron chi connectivity index (χ0n) is 18.0. The van der Waals surface area contributed by atoms with Crippen molar-refractivity contribution in [3.8, 4) is 17.2 Å². The van der Waals surface area contributed by atoms with Crippen molar-refractivity contribution in [1.29, 1.82) is 0 Å². The van der Waals surface area contributed by atoms with Gasteiger partial charge in [0, 0.05) is 43.9 Å². The molecule has 0 bridgehead atoms. The lowest BCUT2D eigenvalue weighted by Gasteiger charge is -2.36. The fraction of sp³-hybridized carbons (Fsp3) is 0.391. The number of methoxy groups -OCH3 is 3. The van der Waals surface area contributed by atoms with Crippen LogP contribution in [0.1, 0.15) is 12.0 Å². The third kappa shape index (κ3) is 4.23. The summed E-state index contributed by atoms with van der Waals surface area (Å²) in [5.41, 5.74) is 2.64. The summed E-state index contributed by atoms with van der Waals surface area (Å²) in [6, 6.07) is 13.9. The van der Waals surface area contributed by atoms with Gasteiger partial charge in [0.2, 0.25) is 11.9 Å². The molecule has 8 nitrogen and oxygen atoms in total. The first-order valence-electron chi connectivity index (χ1n) is 10.3. The maximum Gasteiger partial charge on any atom is 0.267 e. The van der Waals surface area contributed by atoms with Gasteiger partial charge in [0.25, 0.3) is 5.91 Å². The van der Waals surface area contributed by atoms with Gasteiger partial charge in [-0.3, -0.25) is 4.79 Å². The van der Waals surface area contributed by atoms with Gasteiger partial charge in [-0.15, -0.1) is 0 Å². The number of para-hydroxylation sites is 1. The number of rotatable bonds is 6. The van der Waals surface area contributed by atoms with Crippen LogP contribution in [0.4, 0.5) is 5.69 Å². The van der Waals surface area contributed by atoms with Gasteiger partial charge >= 0.3 is 0 Å². The maximum atomic E-state index is 13.0. The van der Waals surface area contributed by atoms with E-state index in [4.69, 9.17) is 19.0 Å². The number of hydrogen-bond acceptors (Lipinski definition) is 7. The highest BCUT2D eigenvalue weighted by molar-refractivity contribution is 6.05. The Morgan fingerprint density at radius 1 is 0.968 bits per heavy atom. The number of nitrogens with zero attached hydrogens (tertiary/aromatic N) is 3. The molecule has 0 aromatic heterocycles. The summed E-state index contributed by atoms with van der Waals surface area (Å²) in [4.78, 5) is 22.7. The number of ether oxygens (including phenoxy) is 3. The molecule has 2 aliphatic rings. The molecule has 0 N–H and O–H groups in total. The summed E-state index contributed by atoms with van der Waals surface area (Å²) in [6.45, 7) is 2.91. The Hall–Kier alpha value is -3.42. The topological polar surface area (TPSA) is 72.8 Å². The minimum Gasteiger partial charge on any atom is -0.493 e. The van der Waals surface area contributed by atoms with E-state index in [-0.39, 0.29) is 5.91 Å². The van der Waals surface area contributed by atoms with Crippen LogP contribution in [-0.4, -0.2) is 70.1 Å². The molecule has 2 aromatic carbocycles. The SMILES string of the molecule is COc1cc(C2=NO[C@H](C(=O)N3CCN(c4ccccc4)CC3)C2)cc(OC)c1OC. The number of hydrogen-bond donors (Lipinski definition) is 0. The van der Waals surface area contributed by atoms with Gasteiger partial charge in [0.1, 0.15) is 0 Å². The Morgan fingerprint density at radius 2 is 1.61 bits per heavy atom. The second-order valence-electron chi connectivity index (χ2n) is 7.40. The predicted octanol–water partition coefficient (Wildman–Crippen LogP) is 2.55. The lowest BCUT2D eigenvalue weighted by molar-refractivity contribution is -0.142. The van der Waals surface area contributed by atoms with Gasteiger partial charge in [0.15, 0.2) is 11.5 Å². The second-order valence-corrected chi connectivity index (χ2v) is 7.40. The number of anilines is 1. The van der Waals surface area contributed by atoms with Crippen LogP contribution >= 0.6 is 0 Å². The highest BCUT2D eigenvalue weighted by Crippen LogP contribution is 2.39. The zero-order valence-corrected chi connectivity index (χ0v) is 18.0. The minimum absolute atomic E-state index is 0.0288. The Kier molecular flexibility index (Phi) is 6.16. The van der Waals surface area contributed by atoms with Crippen molar-refractivity contribution in [2.75, 3.05) is 52.4 Å². The first-order valence-corrected chi connectivity index (χ1v) is 10.3. The average molecular weight is 425 g/mol. The van der Waals surface area contributed by atoms with Gasteiger partial charge in [0.05, 0.1) is 27.0 Å². The first kappa shape index (κ1) is 20.8. The Balaban J connectivity index is 1.39. The van der Waals surface area contributed by atoms with Crippen LogP contribution in [0, 0.1) is 0 Å². The van der Waals surface area contributed by atoms with Crippen LogP contribution in [0.5, 0.6) is 17.2 Å². The molecule has 0 spiro atoms. The number of carbonyl (C=O) groups is 1. The first-order chi connectivity index (χ1) is 15.1. The fourth-order valence-corrected chi connectivity index (χ4v) is 3.96. The van der Waals surface area contributed by atoms with Gasteiger partial charge in [-0.1, -0.05) is 23.4 Å². The van der Waals surface area contributed by atoms with Gasteiger partial charge in [-0.05, 0) is 24.3 Å². The highest BCUT2D eigenvalue weighted by Gasteiger charge is 2.34. The normalized spacial score (nSPS) is 18.3. The molecule has 0 radical (unpaired) electrons. The summed E-state index contributed by atoms with van der Waals surface area (Å²) in [6.07, 6.45) is -0.214. The predicted molar refractivity (Wildman–Crippen MR) is 117 cm³/mol. The summed E-state index contributed by atoms with van der Waals surface area (Å²) in [5, 5.41) is 4.18. The molecule has 4 rings (SSSR count). The van der Waals surface area contributed by atoms with E-state index < -0.39 is 6.10 Å². The Morgan fingerprint density at radius 3 is 2.19 bits per heavy atom. The van der Waals surface area contributed by atoms with Gasteiger partial charge in [-0.2, -0.15) is 0 Å². The van der Waals surface area contributed by atoms with Crippen LogP contribution < -0.4 is 19.1 Å². The standard InChI is InChI=1S/C23H27N3O5/c1-28-19-13-16(14-20(29-2)22(19)30-3)18-15-21(31-24-18)23(27)26-11-9-25(10-12-26)17-7-5-4-6-8-17/h4-8,13-14,21H,9-12,15H2,1-3H3/t21-/m0/s1. The minimum atomic E-state index is -0.614. The molecule has 31 heavy (non-hydrogen) atoms. The van der Waals surface area contributed by atoms with Crippen molar-refractivity contribution in [2.45, 2.75) is 12.5 Å². The number of carbonyl (C=O) groups excluding carboxylic acids is 1. The molecule has 164 valence electrons. The third-order valence-electron chi connectivity index (χ3n) is 5.65. The molecular formula is C23H27N3O5. The molecule has 0 aliphatic carbocycles. The van der Waals surface area contributed by atoms with E-state index in [1.807, 2.05) is 35.2 Å². The van der Waals surface area contributed by atoms with Crippen LogP contribution in [0.25, 0.3) is 0 Å². The molecule has 0 saturated carbocycles. The molecule has 0 unspecified atom stereocenters. The van der Waals surface area contributed by atoms with Crippen LogP contribution in [0.15, 0.2) is 47.6 Å². The van der Waals surface area contributed by atoms with Gasteiger partial charge in [-0.25, -0.2) is 0 Å². The summed E-state index contributed by atoms with van der Waals surface area (Å²) in [5.74, 6) is 1.55. The lowest BCUT2D eigenvalue weighted by atomic mass is 10.0. The quantitative estimate of drug-likeness (QED) is 0.708. The fourth-order valence-electron chi connectivity index (χ4n) is 3.96. The van der Waals surface area contributed by atoms with Crippen molar-refractivity contribution in [2.24, 2.45) is 5.16 Å². The van der Waals surface area contributed by atoms with Crippen LogP contribution in [0.2, 0.25) is 0 Å². The van der Waals surface area contributed by atoms with E-state index in [0.717, 1.165) is 18.7 Å². The molecule has 1 amide bonds. The van der Waals surface area contributed by atoms with Crippen LogP contribution in [-0.2, 0) is 9.63 Å². The molecule has 2 aromatic rings. The third-order valence-corrected chi connectivity index (χ3v) is 5.65. The highest BCUT2D eigenvalue weighted by atomic mass is 16.6. The monoisotopic (exact) mass is 425 g/mol. The van der Waals surface area contributed by atoms with E-state index in [1.54, 1.807) is 21.3 Å². The molecular weight excluding hydrogens is 398 g/mol. The molecule has 2 heterocycles. The van der Waals surface area contributed by atoms with Crippen LogP contribution in [0.3, 0.4) is 0 Å². The van der Waals surface area contributed by atoms with Gasteiger partial charge < -0.3 is 28.8 Å². The van der Waals surface area contributed by atoms with Crippen molar-refractivity contribution < 1.29 is 23.8 Å². The smallest absolute Gasteiger partial charge is 0.267 e. The Bertz CT molecular complexity index is 930. The molecule has 2 aliphatic heterocycles. The van der Waals surface area contributed by atoms with Crippen molar-refractivity contribution >= 4 is 17.3 Å². The Labute approximate surface area is 181 Å². The van der Waals surface area contributed by atoms with Crippen molar-refractivity contribution in [3.05, 3.63) is 48.0 Å². The molecule has 1 fully saturated rings. The zero-order chi connectivity index (χ0) is 21.8. The second kappa shape index (κ2) is 9.16. The number of oxime groups is 1. The van der Waals surface area contributed by atoms with E-state index in [9.17, 15) is 4.79 Å². The number of benzene rings is 2. The lowest BCUT2D eigenvalue weighted by Crippen LogP contribution is -2.51. The summed E-state index contributed by atoms with van der Waals surface area (Å²) in [7, 11) is 4.69. The maximum absolute atomic E-state index is 13.0. The molecule has 1 atom stereocenters. The number of amides is 1. The van der Waals surface area contributed by atoms with Crippen molar-refractivity contribution in [3.63, 3.8) is 0 Å². The average Bonchev–Trinajstić information content (AvgIpc) is 3.33. The van der Waals surface area contributed by atoms with E-state index in [0.29, 0.717) is 42.5 Å². The molecule has 1 saturated heterocycles. The summed E-state index contributed by atoms with van der Waals surface area (Å²) < 4.78 is 16.2. The number of piperazine rings is 1. The van der Waals surface area contributed by atoms with E-state index in [2.05, 4.69) is 22.2 Å². The molecule has 8 heteroatoms. The largest absolute Gasteiger partial charge is 0.493 e. The van der Waals surface area contributed by atoms with E-state index in [1.165, 1.54) is 5.69 Å². The van der Waals surface area contributed by atoms with Crippen molar-refractivity contribution in [1.82, 2.24) is 4.90 Å². The van der Waals surface area contributed by atoms with E-state index >= 15 is 0 Å².